The molecule has 2 aromatic rings. The number of hydrogen-bond donors (Lipinski definition) is 1. The van der Waals surface area contributed by atoms with E-state index >= 15 is 0 Å². The van der Waals surface area contributed by atoms with Gasteiger partial charge in [-0.05, 0) is 6.07 Å². The second kappa shape index (κ2) is 8.07. The highest BCUT2D eigenvalue weighted by molar-refractivity contribution is 6.34. The fraction of sp³-hybridized carbons (Fsp3) is 0.308. The van der Waals surface area contributed by atoms with Crippen molar-refractivity contribution in [2.24, 2.45) is 0 Å². The highest BCUT2D eigenvalue weighted by atomic mass is 35.5. The third-order valence-corrected chi connectivity index (χ3v) is 3.25. The summed E-state index contributed by atoms with van der Waals surface area (Å²) in [5.41, 5.74) is 0.748. The van der Waals surface area contributed by atoms with Gasteiger partial charge in [-0.2, -0.15) is 4.39 Å². The van der Waals surface area contributed by atoms with E-state index in [2.05, 4.69) is 19.9 Å². The van der Waals surface area contributed by atoms with Crippen molar-refractivity contribution in [1.29, 1.82) is 0 Å². The number of ether oxygens (including phenoxy) is 2. The van der Waals surface area contributed by atoms with Crippen LogP contribution in [-0.2, 0) is 16.0 Å². The number of carbonyl (C=O) groups excluding carboxylic acids is 1. The normalized spacial score (nSPS) is 13.4. The van der Waals surface area contributed by atoms with Crippen molar-refractivity contribution in [1.82, 2.24) is 15.2 Å². The van der Waals surface area contributed by atoms with Crippen molar-refractivity contribution in [3.05, 3.63) is 39.8 Å². The number of H-pyrrole nitrogens is 1. The third kappa shape index (κ3) is 4.77. The molecule has 0 amide bonds. The molecule has 0 bridgehead atoms. The number of halogens is 4. The van der Waals surface area contributed by atoms with Crippen molar-refractivity contribution in [2.75, 3.05) is 6.67 Å². The monoisotopic (exact) mass is 365 g/mol. The van der Waals surface area contributed by atoms with E-state index in [1.165, 1.54) is 18.3 Å². The lowest BCUT2D eigenvalue weighted by atomic mass is 10.1. The van der Waals surface area contributed by atoms with E-state index in [9.17, 15) is 13.6 Å². The molecule has 0 radical (unpaired) electrons. The van der Waals surface area contributed by atoms with Gasteiger partial charge in [0.25, 0.3) is 12.8 Å². The van der Waals surface area contributed by atoms with E-state index in [-0.39, 0.29) is 23.8 Å². The molecule has 2 atom stereocenters. The first-order valence-electron chi connectivity index (χ1n) is 6.34. The Labute approximate surface area is 139 Å². The smallest absolute Gasteiger partial charge is 0.293 e. The average Bonchev–Trinajstić information content (AvgIpc) is 2.94. The van der Waals surface area contributed by atoms with Gasteiger partial charge in [0.1, 0.15) is 5.69 Å². The summed E-state index contributed by atoms with van der Waals surface area (Å²) in [6.07, 6.45) is -1.43. The zero-order valence-electron chi connectivity index (χ0n) is 11.5. The predicted molar refractivity (Wildman–Crippen MR) is 77.9 cm³/mol. The van der Waals surface area contributed by atoms with Gasteiger partial charge < -0.3 is 9.47 Å². The molecule has 0 aliphatic heterocycles. The Hall–Kier alpha value is -1.93. The number of alkyl halides is 2. The predicted octanol–water partition coefficient (Wildman–Crippen LogP) is 3.21. The summed E-state index contributed by atoms with van der Waals surface area (Å²) in [7, 11) is 0. The van der Waals surface area contributed by atoms with Crippen molar-refractivity contribution >= 4 is 29.7 Å². The van der Waals surface area contributed by atoms with Crippen molar-refractivity contribution in [2.45, 2.75) is 18.9 Å². The lowest BCUT2D eigenvalue weighted by Gasteiger charge is -2.15. The molecule has 0 saturated carbocycles. The maximum absolute atomic E-state index is 12.8. The fourth-order valence-corrected chi connectivity index (χ4v) is 2.31. The average molecular weight is 366 g/mol. The van der Waals surface area contributed by atoms with Crippen LogP contribution in [0.1, 0.15) is 17.5 Å². The lowest BCUT2D eigenvalue weighted by Crippen LogP contribution is -2.12. The lowest BCUT2D eigenvalue weighted by molar-refractivity contribution is -0.134. The van der Waals surface area contributed by atoms with Crippen LogP contribution in [0, 0.1) is 0 Å². The first kappa shape index (κ1) is 17.4. The summed E-state index contributed by atoms with van der Waals surface area (Å²) >= 11 is 11.8. The number of nitrogens with one attached hydrogen (secondary N) is 1. The molecule has 0 spiro atoms. The SMILES string of the molecule is O=COC(Cc1cc(OC(F)CF)n[nH]1)c1ncc(Cl)cc1Cl. The maximum Gasteiger partial charge on any atom is 0.293 e. The largest absolute Gasteiger partial charge is 0.458 e. The molecule has 0 aromatic carbocycles. The zero-order chi connectivity index (χ0) is 16.8. The molecule has 0 fully saturated rings. The standard InChI is InChI=1S/C13H11Cl2F2N3O3/c14-7-1-9(15)13(18-5-7)10(22-6-21)2-8-3-12(20-19-8)23-11(17)4-16/h1,3,5-6,10-11H,2,4H2,(H,19,20). The van der Waals surface area contributed by atoms with Crippen LogP contribution in [0.2, 0.25) is 10.0 Å². The minimum atomic E-state index is -2.10. The minimum Gasteiger partial charge on any atom is -0.458 e. The number of rotatable bonds is 8. The number of pyridine rings is 1. The number of hydrogen-bond acceptors (Lipinski definition) is 5. The third-order valence-electron chi connectivity index (χ3n) is 2.74. The van der Waals surface area contributed by atoms with E-state index < -0.39 is 19.1 Å². The fourth-order valence-electron chi connectivity index (χ4n) is 1.81. The van der Waals surface area contributed by atoms with Gasteiger partial charge in [0.2, 0.25) is 5.88 Å². The molecule has 2 rings (SSSR count). The van der Waals surface area contributed by atoms with E-state index in [0.717, 1.165) is 0 Å². The van der Waals surface area contributed by atoms with E-state index in [4.69, 9.17) is 27.9 Å². The van der Waals surface area contributed by atoms with Crippen LogP contribution in [0.15, 0.2) is 18.3 Å². The molecule has 124 valence electrons. The summed E-state index contributed by atoms with van der Waals surface area (Å²) in [5.74, 6) is -0.120. The van der Waals surface area contributed by atoms with E-state index in [1.807, 2.05) is 0 Å². The molecule has 10 heteroatoms. The van der Waals surface area contributed by atoms with Crippen LogP contribution < -0.4 is 4.74 Å². The topological polar surface area (TPSA) is 77.1 Å². The Kier molecular flexibility index (Phi) is 6.12. The summed E-state index contributed by atoms with van der Waals surface area (Å²) < 4.78 is 34.4. The van der Waals surface area contributed by atoms with Crippen molar-refractivity contribution in [3.63, 3.8) is 0 Å². The van der Waals surface area contributed by atoms with Gasteiger partial charge in [-0.25, -0.2) is 4.39 Å². The van der Waals surface area contributed by atoms with Gasteiger partial charge in [0.05, 0.1) is 10.0 Å². The van der Waals surface area contributed by atoms with Crippen molar-refractivity contribution < 1.29 is 23.0 Å². The van der Waals surface area contributed by atoms with Gasteiger partial charge >= 0.3 is 0 Å². The summed E-state index contributed by atoms with van der Waals surface area (Å²) in [5, 5.41) is 6.80. The molecule has 0 aliphatic rings. The Morgan fingerprint density at radius 3 is 2.83 bits per heavy atom. The molecule has 0 aliphatic carbocycles. The molecule has 2 aromatic heterocycles. The van der Waals surface area contributed by atoms with Gasteiger partial charge in [-0.1, -0.05) is 23.2 Å². The highest BCUT2D eigenvalue weighted by Gasteiger charge is 2.20. The first-order valence-corrected chi connectivity index (χ1v) is 7.10. The molecular weight excluding hydrogens is 355 g/mol. The number of aromatic nitrogens is 3. The summed E-state index contributed by atoms with van der Waals surface area (Å²) in [4.78, 5) is 14.7. The molecule has 2 heterocycles. The Morgan fingerprint density at radius 2 is 2.17 bits per heavy atom. The molecule has 23 heavy (non-hydrogen) atoms. The minimum absolute atomic E-state index is 0.120. The van der Waals surface area contributed by atoms with Gasteiger partial charge in [-0.15, -0.1) is 5.10 Å². The second-order valence-corrected chi connectivity index (χ2v) is 5.20. The van der Waals surface area contributed by atoms with Crippen LogP contribution in [0.3, 0.4) is 0 Å². The van der Waals surface area contributed by atoms with Crippen LogP contribution in [0.25, 0.3) is 0 Å². The van der Waals surface area contributed by atoms with Crippen LogP contribution in [0.4, 0.5) is 8.78 Å². The Bertz CT molecular complexity index is 672. The van der Waals surface area contributed by atoms with E-state index in [1.54, 1.807) is 0 Å². The van der Waals surface area contributed by atoms with Crippen LogP contribution in [0.5, 0.6) is 5.88 Å². The number of nitrogens with zero attached hydrogens (tertiary/aromatic N) is 2. The first-order chi connectivity index (χ1) is 11.0. The molecular formula is C13H11Cl2F2N3O3. The molecule has 2 unspecified atom stereocenters. The zero-order valence-corrected chi connectivity index (χ0v) is 13.0. The summed E-state index contributed by atoms with van der Waals surface area (Å²) in [6, 6.07) is 2.82. The molecule has 6 nitrogen and oxygen atoms in total. The van der Waals surface area contributed by atoms with E-state index in [0.29, 0.717) is 16.4 Å². The quantitative estimate of drug-likeness (QED) is 0.726. The van der Waals surface area contributed by atoms with Crippen LogP contribution in [-0.4, -0.2) is 34.7 Å². The Balaban J connectivity index is 2.14. The maximum atomic E-state index is 12.8. The van der Waals surface area contributed by atoms with Gasteiger partial charge in [-0.3, -0.25) is 14.9 Å². The van der Waals surface area contributed by atoms with Gasteiger partial charge in [0, 0.05) is 24.4 Å². The number of carbonyl (C=O) groups is 1. The molecule has 0 saturated heterocycles. The summed E-state index contributed by atoms with van der Waals surface area (Å²) in [6.45, 7) is -1.03. The highest BCUT2D eigenvalue weighted by Crippen LogP contribution is 2.28. The van der Waals surface area contributed by atoms with Crippen LogP contribution >= 0.6 is 23.2 Å². The molecule has 1 N–H and O–H groups in total. The van der Waals surface area contributed by atoms with Gasteiger partial charge in [0.15, 0.2) is 12.8 Å². The second-order valence-electron chi connectivity index (χ2n) is 4.36. The number of aromatic amines is 1. The Morgan fingerprint density at radius 1 is 1.39 bits per heavy atom. The van der Waals surface area contributed by atoms with Crippen molar-refractivity contribution in [3.8, 4) is 5.88 Å².